The Balaban J connectivity index is 2.50. The summed E-state index contributed by atoms with van der Waals surface area (Å²) in [4.78, 5) is 8.63. The van der Waals surface area contributed by atoms with Gasteiger partial charge in [-0.1, -0.05) is 6.92 Å². The molecule has 0 aromatic heterocycles. The summed E-state index contributed by atoms with van der Waals surface area (Å²) in [6.07, 6.45) is 0. The molecule has 116 valence electrons. The van der Waals surface area contributed by atoms with Crippen LogP contribution in [0.5, 0.6) is 0 Å². The van der Waals surface area contributed by atoms with E-state index < -0.39 is 43.2 Å². The molecule has 2 rings (SSSR count). The fraction of sp³-hybridized carbons (Fsp3) is 0.455. The maximum atomic E-state index is 13.7. The lowest BCUT2D eigenvalue weighted by molar-refractivity contribution is -0.387. The summed E-state index contributed by atoms with van der Waals surface area (Å²) in [6.45, 7) is 1.80. The standard InChI is InChI=1S/C11H13F2N3O4S/c1-6-4-15(5-9(6)14)21(19,20)11-3-10(16(17)18)7(12)2-8(11)13/h2-3,6,9H,4-5,14H2,1H3. The number of rotatable bonds is 3. The van der Waals surface area contributed by atoms with Crippen LogP contribution in [-0.2, 0) is 10.0 Å². The average Bonchev–Trinajstić information content (AvgIpc) is 2.69. The van der Waals surface area contributed by atoms with E-state index in [1.54, 1.807) is 6.92 Å². The van der Waals surface area contributed by atoms with E-state index in [0.29, 0.717) is 6.07 Å². The molecule has 1 fully saturated rings. The quantitative estimate of drug-likeness (QED) is 0.656. The molecular formula is C11H13F2N3O4S. The Morgan fingerprint density at radius 1 is 1.33 bits per heavy atom. The molecule has 2 unspecified atom stereocenters. The number of benzene rings is 1. The van der Waals surface area contributed by atoms with Crippen molar-refractivity contribution in [1.82, 2.24) is 4.31 Å². The molecule has 2 atom stereocenters. The van der Waals surface area contributed by atoms with Gasteiger partial charge in [0.2, 0.25) is 15.8 Å². The zero-order valence-electron chi connectivity index (χ0n) is 11.0. The lowest BCUT2D eigenvalue weighted by Gasteiger charge is -2.16. The number of hydrogen-bond donors (Lipinski definition) is 1. The SMILES string of the molecule is CC1CN(S(=O)(=O)c2cc([N+](=O)[O-])c(F)cc2F)CC1N. The maximum absolute atomic E-state index is 13.7. The third-order valence-corrected chi connectivity index (χ3v) is 5.30. The lowest BCUT2D eigenvalue weighted by Crippen LogP contribution is -2.32. The molecule has 1 aromatic rings. The number of sulfonamides is 1. The number of halogens is 2. The number of nitrogens with zero attached hydrogens (tertiary/aromatic N) is 2. The number of nitrogens with two attached hydrogens (primary N) is 1. The van der Waals surface area contributed by atoms with Crippen molar-refractivity contribution in [3.05, 3.63) is 33.9 Å². The van der Waals surface area contributed by atoms with Gasteiger partial charge in [-0.15, -0.1) is 0 Å². The van der Waals surface area contributed by atoms with E-state index in [2.05, 4.69) is 0 Å². The second kappa shape index (κ2) is 5.28. The zero-order valence-corrected chi connectivity index (χ0v) is 11.8. The number of nitro benzene ring substituents is 1. The first kappa shape index (κ1) is 15.7. The summed E-state index contributed by atoms with van der Waals surface area (Å²) in [6, 6.07) is 0.192. The van der Waals surface area contributed by atoms with E-state index in [1.807, 2.05) is 0 Å². The summed E-state index contributed by atoms with van der Waals surface area (Å²) >= 11 is 0. The average molecular weight is 321 g/mol. The van der Waals surface area contributed by atoms with Crippen LogP contribution in [0.1, 0.15) is 6.92 Å². The van der Waals surface area contributed by atoms with Crippen LogP contribution in [0.4, 0.5) is 14.5 Å². The first-order valence-electron chi connectivity index (χ1n) is 6.03. The fourth-order valence-electron chi connectivity index (χ4n) is 2.14. The molecule has 0 saturated carbocycles. The van der Waals surface area contributed by atoms with Crippen LogP contribution in [0, 0.1) is 27.7 Å². The highest BCUT2D eigenvalue weighted by atomic mass is 32.2. The monoisotopic (exact) mass is 321 g/mol. The first-order chi connectivity index (χ1) is 9.64. The van der Waals surface area contributed by atoms with Crippen LogP contribution in [-0.4, -0.2) is 36.8 Å². The van der Waals surface area contributed by atoms with Crippen molar-refractivity contribution < 1.29 is 22.1 Å². The van der Waals surface area contributed by atoms with Crippen molar-refractivity contribution in [2.24, 2.45) is 11.7 Å². The summed E-state index contributed by atoms with van der Waals surface area (Å²) in [5.41, 5.74) is 4.62. The fourth-order valence-corrected chi connectivity index (χ4v) is 3.78. The third kappa shape index (κ3) is 2.74. The van der Waals surface area contributed by atoms with Gasteiger partial charge < -0.3 is 5.73 Å². The minimum atomic E-state index is -4.30. The minimum Gasteiger partial charge on any atom is -0.326 e. The van der Waals surface area contributed by atoms with Gasteiger partial charge in [0.15, 0.2) is 0 Å². The predicted octanol–water partition coefficient (Wildman–Crippen LogP) is 0.841. The molecule has 10 heteroatoms. The largest absolute Gasteiger partial charge is 0.326 e. The van der Waals surface area contributed by atoms with Crippen LogP contribution >= 0.6 is 0 Å². The highest BCUT2D eigenvalue weighted by Gasteiger charge is 2.38. The summed E-state index contributed by atoms with van der Waals surface area (Å²) < 4.78 is 52.6. The molecule has 1 saturated heterocycles. The van der Waals surface area contributed by atoms with Crippen molar-refractivity contribution in [3.63, 3.8) is 0 Å². The molecular weight excluding hydrogens is 308 g/mol. The number of hydrogen-bond acceptors (Lipinski definition) is 5. The molecule has 0 radical (unpaired) electrons. The van der Waals surface area contributed by atoms with Crippen molar-refractivity contribution in [2.45, 2.75) is 17.9 Å². The lowest BCUT2D eigenvalue weighted by atomic mass is 10.1. The Morgan fingerprint density at radius 3 is 2.43 bits per heavy atom. The molecule has 2 N–H and O–H groups in total. The third-order valence-electron chi connectivity index (χ3n) is 3.45. The Labute approximate surface area is 119 Å². The van der Waals surface area contributed by atoms with Gasteiger partial charge in [-0.3, -0.25) is 10.1 Å². The van der Waals surface area contributed by atoms with E-state index in [9.17, 15) is 27.3 Å². The molecule has 0 bridgehead atoms. The Morgan fingerprint density at radius 2 is 1.95 bits per heavy atom. The summed E-state index contributed by atoms with van der Waals surface area (Å²) in [5, 5.41) is 10.7. The van der Waals surface area contributed by atoms with E-state index in [4.69, 9.17) is 5.73 Å². The summed E-state index contributed by atoms with van der Waals surface area (Å²) in [7, 11) is -4.30. The predicted molar refractivity (Wildman–Crippen MR) is 68.9 cm³/mol. The Kier molecular flexibility index (Phi) is 3.95. The van der Waals surface area contributed by atoms with Crippen molar-refractivity contribution in [1.29, 1.82) is 0 Å². The van der Waals surface area contributed by atoms with Crippen LogP contribution < -0.4 is 5.73 Å². The molecule has 0 spiro atoms. The molecule has 0 aliphatic carbocycles. The highest BCUT2D eigenvalue weighted by Crippen LogP contribution is 2.29. The van der Waals surface area contributed by atoms with Crippen LogP contribution in [0.2, 0.25) is 0 Å². The van der Waals surface area contributed by atoms with Gasteiger partial charge in [-0.05, 0) is 5.92 Å². The van der Waals surface area contributed by atoms with Crippen molar-refractivity contribution in [3.8, 4) is 0 Å². The Bertz CT molecular complexity index is 685. The van der Waals surface area contributed by atoms with Gasteiger partial charge in [0.05, 0.1) is 4.92 Å². The topological polar surface area (TPSA) is 107 Å². The zero-order chi connectivity index (χ0) is 15.9. The molecule has 7 nitrogen and oxygen atoms in total. The van der Waals surface area contributed by atoms with E-state index >= 15 is 0 Å². The molecule has 21 heavy (non-hydrogen) atoms. The van der Waals surface area contributed by atoms with Crippen LogP contribution in [0.3, 0.4) is 0 Å². The van der Waals surface area contributed by atoms with E-state index in [1.165, 1.54) is 0 Å². The van der Waals surface area contributed by atoms with Gasteiger partial charge >= 0.3 is 5.69 Å². The summed E-state index contributed by atoms with van der Waals surface area (Å²) in [5.74, 6) is -2.92. The molecule has 1 aromatic carbocycles. The van der Waals surface area contributed by atoms with Gasteiger partial charge in [0.25, 0.3) is 0 Å². The molecule has 1 aliphatic heterocycles. The van der Waals surface area contributed by atoms with Crippen molar-refractivity contribution in [2.75, 3.05) is 13.1 Å². The molecule has 1 aliphatic rings. The van der Waals surface area contributed by atoms with Crippen LogP contribution in [0.25, 0.3) is 0 Å². The smallest absolute Gasteiger partial charge is 0.306 e. The molecule has 0 amide bonds. The minimum absolute atomic E-state index is 0.0197. The van der Waals surface area contributed by atoms with Gasteiger partial charge in [-0.2, -0.15) is 8.70 Å². The second-order valence-electron chi connectivity index (χ2n) is 4.95. The normalized spacial score (nSPS) is 23.4. The van der Waals surface area contributed by atoms with E-state index in [0.717, 1.165) is 4.31 Å². The van der Waals surface area contributed by atoms with Gasteiger partial charge in [-0.25, -0.2) is 12.8 Å². The van der Waals surface area contributed by atoms with E-state index in [-0.39, 0.29) is 25.1 Å². The van der Waals surface area contributed by atoms with Crippen molar-refractivity contribution >= 4 is 15.7 Å². The van der Waals surface area contributed by atoms with Gasteiger partial charge in [0, 0.05) is 31.3 Å². The van der Waals surface area contributed by atoms with Crippen LogP contribution in [0.15, 0.2) is 17.0 Å². The highest BCUT2D eigenvalue weighted by molar-refractivity contribution is 7.89. The maximum Gasteiger partial charge on any atom is 0.306 e. The molecule has 1 heterocycles. The second-order valence-corrected chi connectivity index (χ2v) is 6.86. The Hall–Kier alpha value is -1.65. The first-order valence-corrected chi connectivity index (χ1v) is 7.47. The number of nitro groups is 1. The van der Waals surface area contributed by atoms with Gasteiger partial charge in [0.1, 0.15) is 10.7 Å².